The second-order valence-electron chi connectivity index (χ2n) is 17.4. The molecule has 3 aliphatic carbocycles. The number of methoxy groups -OCH3 is 2. The van der Waals surface area contributed by atoms with Crippen LogP contribution in [0.3, 0.4) is 0 Å². The first-order chi connectivity index (χ1) is 26.9. The van der Waals surface area contributed by atoms with Crippen LogP contribution in [-0.2, 0) is 29.9 Å². The number of carbonyl (C=O) groups excluding carboxylic acids is 4. The standard InChI is InChI=1S/C43H59N7O6/c1-26(2)35(47-40(53)55-5)38(51)49-21-7-9-32(49)31-23-29(24-44-31)28-11-13-30(14-12-28)42-15-18-43(19-16-42,20-17-42)34-25-45-37(46-34)33-10-8-22-50(33)39(52)36(27(3)4)48-41(54)56-6/h11-14,24-27,32-33,35-36H,7-10,15-23H2,1-6H3,(H,45,46)(H,47,53)(H,48,54)/t32-,33-,35?,36-,42?,43?/m0/s1. The number of benzene rings is 1. The molecule has 4 amide bonds. The number of rotatable bonds is 11. The molecule has 8 rings (SSSR count). The molecule has 0 spiro atoms. The third kappa shape index (κ3) is 7.45. The number of ether oxygens (including phenoxy) is 2. The Bertz CT molecular complexity index is 1840. The Balaban J connectivity index is 0.965. The van der Waals surface area contributed by atoms with E-state index in [-0.39, 0.29) is 46.6 Å². The van der Waals surface area contributed by atoms with Crippen LogP contribution < -0.4 is 10.6 Å². The van der Waals surface area contributed by atoms with Crippen molar-refractivity contribution in [2.45, 2.75) is 133 Å². The van der Waals surface area contributed by atoms with Crippen molar-refractivity contribution in [1.29, 1.82) is 0 Å². The Morgan fingerprint density at radius 2 is 1.29 bits per heavy atom. The summed E-state index contributed by atoms with van der Waals surface area (Å²) in [6.07, 6.45) is 13.6. The molecule has 1 aromatic heterocycles. The number of imidazole rings is 1. The number of aliphatic imine (C=N–C) groups is 1. The first kappa shape index (κ1) is 39.6. The van der Waals surface area contributed by atoms with Crippen LogP contribution >= 0.6 is 0 Å². The first-order valence-electron chi connectivity index (χ1n) is 20.6. The van der Waals surface area contributed by atoms with Crippen LogP contribution in [0.25, 0.3) is 5.57 Å². The normalized spacial score (nSPS) is 26.9. The SMILES string of the molecule is COC(=O)NC(C(=O)N1CCC[C@H]1C1=NC=C(c2ccc(C34CCC(c5cnc([C@@H]6CCCN6C(=O)[C@@H](NC(=O)OC)C(C)C)[nH]5)(CC3)CC4)cc2)C1)C(C)C. The fraction of sp³-hybridized carbons (Fsp3) is 0.628. The molecule has 2 bridgehead atoms. The molecule has 5 fully saturated rings. The van der Waals surface area contributed by atoms with Gasteiger partial charge in [-0.15, -0.1) is 0 Å². The molecular weight excluding hydrogens is 711 g/mol. The molecule has 1 aromatic carbocycles. The fourth-order valence-electron chi connectivity index (χ4n) is 10.1. The van der Waals surface area contributed by atoms with Gasteiger partial charge in [-0.1, -0.05) is 52.0 Å². The minimum Gasteiger partial charge on any atom is -0.453 e. The Labute approximate surface area is 330 Å². The smallest absolute Gasteiger partial charge is 0.407 e. The maximum Gasteiger partial charge on any atom is 0.407 e. The summed E-state index contributed by atoms with van der Waals surface area (Å²) >= 11 is 0. The monoisotopic (exact) mass is 769 g/mol. The number of carbonyl (C=O) groups is 4. The minimum absolute atomic E-state index is 0.0652. The average Bonchev–Trinajstić information content (AvgIpc) is 4.06. The van der Waals surface area contributed by atoms with Gasteiger partial charge in [0.2, 0.25) is 11.8 Å². The fourth-order valence-corrected chi connectivity index (χ4v) is 10.1. The van der Waals surface area contributed by atoms with Gasteiger partial charge in [-0.2, -0.15) is 0 Å². The molecule has 302 valence electrons. The van der Waals surface area contributed by atoms with E-state index in [0.717, 1.165) is 75.7 Å². The molecule has 3 aliphatic heterocycles. The summed E-state index contributed by atoms with van der Waals surface area (Å²) in [5.41, 5.74) is 6.17. The predicted octanol–water partition coefficient (Wildman–Crippen LogP) is 6.55. The van der Waals surface area contributed by atoms with Crippen LogP contribution in [0, 0.1) is 11.8 Å². The van der Waals surface area contributed by atoms with Crippen LogP contribution in [-0.4, -0.2) is 94.9 Å². The van der Waals surface area contributed by atoms with Crippen LogP contribution in [0.2, 0.25) is 0 Å². The highest BCUT2D eigenvalue weighted by Crippen LogP contribution is 2.58. The molecule has 4 atom stereocenters. The van der Waals surface area contributed by atoms with Crippen LogP contribution in [0.15, 0.2) is 41.7 Å². The van der Waals surface area contributed by atoms with Crippen molar-refractivity contribution in [2.24, 2.45) is 16.8 Å². The van der Waals surface area contributed by atoms with Gasteiger partial charge in [-0.25, -0.2) is 14.6 Å². The molecule has 4 heterocycles. The Morgan fingerprint density at radius 3 is 1.82 bits per heavy atom. The summed E-state index contributed by atoms with van der Waals surface area (Å²) in [6, 6.07) is 7.63. The quantitative estimate of drug-likeness (QED) is 0.234. The number of amides is 4. The topological polar surface area (TPSA) is 158 Å². The number of hydrogen-bond donors (Lipinski definition) is 3. The molecule has 13 heteroatoms. The number of hydrogen-bond acceptors (Lipinski definition) is 8. The van der Waals surface area contributed by atoms with Gasteiger partial charge in [0.1, 0.15) is 17.9 Å². The van der Waals surface area contributed by atoms with Crippen molar-refractivity contribution in [2.75, 3.05) is 27.3 Å². The molecule has 1 unspecified atom stereocenters. The summed E-state index contributed by atoms with van der Waals surface area (Å²) in [5, 5.41) is 5.47. The molecule has 56 heavy (non-hydrogen) atoms. The number of allylic oxidation sites excluding steroid dienone is 1. The van der Waals surface area contributed by atoms with Crippen molar-refractivity contribution < 1.29 is 28.7 Å². The van der Waals surface area contributed by atoms with E-state index in [2.05, 4.69) is 39.9 Å². The third-order valence-electron chi connectivity index (χ3n) is 13.6. The zero-order chi connectivity index (χ0) is 39.8. The number of nitrogens with one attached hydrogen (secondary N) is 3. The van der Waals surface area contributed by atoms with Crippen LogP contribution in [0.5, 0.6) is 0 Å². The van der Waals surface area contributed by atoms with E-state index in [1.54, 1.807) is 0 Å². The van der Waals surface area contributed by atoms with E-state index < -0.39 is 24.3 Å². The van der Waals surface area contributed by atoms with E-state index in [9.17, 15) is 19.2 Å². The summed E-state index contributed by atoms with van der Waals surface area (Å²) in [6.45, 7) is 9.02. The molecular formula is C43H59N7O6. The van der Waals surface area contributed by atoms with Gasteiger partial charge < -0.3 is 34.9 Å². The van der Waals surface area contributed by atoms with Gasteiger partial charge in [-0.3, -0.25) is 14.6 Å². The van der Waals surface area contributed by atoms with Crippen molar-refractivity contribution in [3.05, 3.63) is 59.3 Å². The molecule has 3 saturated carbocycles. The van der Waals surface area contributed by atoms with Crippen molar-refractivity contribution >= 4 is 35.3 Å². The average molecular weight is 770 g/mol. The number of alkyl carbamates (subject to hydrolysis) is 2. The zero-order valence-electron chi connectivity index (χ0n) is 33.9. The second kappa shape index (κ2) is 16.1. The maximum absolute atomic E-state index is 13.7. The summed E-state index contributed by atoms with van der Waals surface area (Å²) in [7, 11) is 2.62. The number of fused-ring (bicyclic) bond motifs is 3. The second-order valence-corrected chi connectivity index (χ2v) is 17.4. The van der Waals surface area contributed by atoms with Gasteiger partial charge in [-0.05, 0) is 98.2 Å². The van der Waals surface area contributed by atoms with E-state index in [1.165, 1.54) is 36.6 Å². The van der Waals surface area contributed by atoms with Crippen LogP contribution in [0.1, 0.15) is 127 Å². The predicted molar refractivity (Wildman–Crippen MR) is 213 cm³/mol. The van der Waals surface area contributed by atoms with E-state index in [0.29, 0.717) is 19.5 Å². The van der Waals surface area contributed by atoms with Crippen molar-refractivity contribution in [1.82, 2.24) is 30.4 Å². The van der Waals surface area contributed by atoms with Gasteiger partial charge in [0.15, 0.2) is 0 Å². The molecule has 13 nitrogen and oxygen atoms in total. The summed E-state index contributed by atoms with van der Waals surface area (Å²) < 4.78 is 9.58. The molecule has 2 saturated heterocycles. The number of nitrogens with zero attached hydrogens (tertiary/aromatic N) is 4. The van der Waals surface area contributed by atoms with Gasteiger partial charge in [0.25, 0.3) is 0 Å². The van der Waals surface area contributed by atoms with Gasteiger partial charge >= 0.3 is 12.2 Å². The van der Waals surface area contributed by atoms with Gasteiger partial charge in [0.05, 0.1) is 26.3 Å². The van der Waals surface area contributed by atoms with E-state index in [1.807, 2.05) is 49.9 Å². The molecule has 2 aromatic rings. The van der Waals surface area contributed by atoms with Gasteiger partial charge in [0, 0.05) is 48.7 Å². The zero-order valence-corrected chi connectivity index (χ0v) is 33.9. The lowest BCUT2D eigenvalue weighted by atomic mass is 9.51. The highest BCUT2D eigenvalue weighted by Gasteiger charge is 2.51. The summed E-state index contributed by atoms with van der Waals surface area (Å²) in [5.74, 6) is 0.521. The maximum atomic E-state index is 13.7. The summed E-state index contributed by atoms with van der Waals surface area (Å²) in [4.78, 5) is 68.5. The third-order valence-corrected chi connectivity index (χ3v) is 13.6. The minimum atomic E-state index is -0.655. The number of likely N-dealkylation sites (tertiary alicyclic amines) is 2. The molecule has 0 radical (unpaired) electrons. The number of aromatic amines is 1. The molecule has 3 N–H and O–H groups in total. The lowest BCUT2D eigenvalue weighted by Crippen LogP contribution is -2.53. The highest BCUT2D eigenvalue weighted by atomic mass is 16.5. The highest BCUT2D eigenvalue weighted by molar-refractivity contribution is 6.03. The largest absolute Gasteiger partial charge is 0.453 e. The van der Waals surface area contributed by atoms with E-state index >= 15 is 0 Å². The first-order valence-corrected chi connectivity index (χ1v) is 20.6. The van der Waals surface area contributed by atoms with Crippen molar-refractivity contribution in [3.8, 4) is 0 Å². The van der Waals surface area contributed by atoms with Crippen molar-refractivity contribution in [3.63, 3.8) is 0 Å². The Kier molecular flexibility index (Phi) is 11.3. The number of H-pyrrole nitrogens is 1. The van der Waals surface area contributed by atoms with E-state index in [4.69, 9.17) is 19.5 Å². The Hall–Kier alpha value is -4.68. The number of aromatic nitrogens is 2. The lowest BCUT2D eigenvalue weighted by molar-refractivity contribution is -0.135. The van der Waals surface area contributed by atoms with Crippen LogP contribution in [0.4, 0.5) is 9.59 Å². The molecule has 6 aliphatic rings. The lowest BCUT2D eigenvalue weighted by Gasteiger charge is -2.53. The Morgan fingerprint density at radius 1 is 0.768 bits per heavy atom.